The number of hydrogen-bond acceptors (Lipinski definition) is 5. The van der Waals surface area contributed by atoms with Crippen molar-refractivity contribution in [3.05, 3.63) is 63.8 Å². The van der Waals surface area contributed by atoms with Crippen molar-refractivity contribution in [3.8, 4) is 5.88 Å². The predicted octanol–water partition coefficient (Wildman–Crippen LogP) is 1.70. The molecular weight excluding hydrogens is 308 g/mol. The maximum absolute atomic E-state index is 12.3. The van der Waals surface area contributed by atoms with Gasteiger partial charge in [0.1, 0.15) is 0 Å². The van der Waals surface area contributed by atoms with E-state index in [2.05, 4.69) is 15.3 Å². The number of amides is 1. The molecule has 0 saturated heterocycles. The molecule has 2 heterocycles. The van der Waals surface area contributed by atoms with Crippen LogP contribution in [0.5, 0.6) is 5.88 Å². The normalized spacial score (nSPS) is 10.6. The Morgan fingerprint density at radius 1 is 1.32 bits per heavy atom. The van der Waals surface area contributed by atoms with Gasteiger partial charge in [-0.3, -0.25) is 19.0 Å². The number of hydrogen-bond donors (Lipinski definition) is 2. The van der Waals surface area contributed by atoms with E-state index in [4.69, 9.17) is 11.6 Å². The summed E-state index contributed by atoms with van der Waals surface area (Å²) >= 11 is 5.95. The van der Waals surface area contributed by atoms with Gasteiger partial charge >= 0.3 is 0 Å². The van der Waals surface area contributed by atoms with Crippen LogP contribution in [0.4, 0.5) is 5.69 Å². The molecule has 1 amide bonds. The first kappa shape index (κ1) is 14.0. The summed E-state index contributed by atoms with van der Waals surface area (Å²) in [6.45, 7) is 0. The third-order valence-electron chi connectivity index (χ3n) is 2.96. The summed E-state index contributed by atoms with van der Waals surface area (Å²) in [4.78, 5) is 32.1. The van der Waals surface area contributed by atoms with Crippen LogP contribution in [0.1, 0.15) is 10.4 Å². The Hall–Kier alpha value is -2.93. The minimum atomic E-state index is -0.797. The standard InChI is InChI=1S/C14H9ClN4O3/c15-8-3-1-2-4-9(8)17-12(20)11-13(21)18-10-7-16-5-6-19(10)14(11)22/h1-7,21H,(H,17,20). The average Bonchev–Trinajstić information content (AvgIpc) is 2.49. The second kappa shape index (κ2) is 5.45. The Morgan fingerprint density at radius 3 is 2.86 bits per heavy atom. The molecule has 8 heteroatoms. The highest BCUT2D eigenvalue weighted by Crippen LogP contribution is 2.21. The van der Waals surface area contributed by atoms with Gasteiger partial charge in [0, 0.05) is 12.4 Å². The van der Waals surface area contributed by atoms with E-state index >= 15 is 0 Å². The SMILES string of the molecule is O=C(Nc1ccccc1Cl)c1c(O)nc2cnccn2c1=O. The van der Waals surface area contributed by atoms with Crippen molar-refractivity contribution < 1.29 is 9.90 Å². The fourth-order valence-electron chi connectivity index (χ4n) is 1.93. The molecule has 0 unspecified atom stereocenters. The highest BCUT2D eigenvalue weighted by Gasteiger charge is 2.20. The van der Waals surface area contributed by atoms with E-state index in [1.165, 1.54) is 18.6 Å². The van der Waals surface area contributed by atoms with E-state index in [-0.39, 0.29) is 5.65 Å². The van der Waals surface area contributed by atoms with Crippen molar-refractivity contribution >= 4 is 28.8 Å². The van der Waals surface area contributed by atoms with Crippen LogP contribution < -0.4 is 10.9 Å². The third kappa shape index (κ3) is 2.38. The van der Waals surface area contributed by atoms with Crippen molar-refractivity contribution in [2.75, 3.05) is 5.32 Å². The number of rotatable bonds is 2. The molecular formula is C14H9ClN4O3. The van der Waals surface area contributed by atoms with Gasteiger partial charge in [-0.25, -0.2) is 0 Å². The van der Waals surface area contributed by atoms with Crippen LogP contribution in [0.15, 0.2) is 47.7 Å². The van der Waals surface area contributed by atoms with E-state index in [0.29, 0.717) is 10.7 Å². The molecule has 0 bridgehead atoms. The van der Waals surface area contributed by atoms with Crippen LogP contribution in [0.2, 0.25) is 5.02 Å². The van der Waals surface area contributed by atoms with Crippen LogP contribution >= 0.6 is 11.6 Å². The van der Waals surface area contributed by atoms with E-state index in [0.717, 1.165) is 4.40 Å². The van der Waals surface area contributed by atoms with Crippen LogP contribution in [0, 0.1) is 0 Å². The van der Waals surface area contributed by atoms with Crippen LogP contribution in [0.3, 0.4) is 0 Å². The zero-order chi connectivity index (χ0) is 15.7. The number of benzene rings is 1. The molecule has 2 aromatic heterocycles. The zero-order valence-corrected chi connectivity index (χ0v) is 11.8. The molecule has 3 rings (SSSR count). The van der Waals surface area contributed by atoms with E-state index in [1.807, 2.05) is 0 Å². The quantitative estimate of drug-likeness (QED) is 0.750. The molecule has 0 aliphatic rings. The number of fused-ring (bicyclic) bond motifs is 1. The summed E-state index contributed by atoms with van der Waals surface area (Å²) in [6, 6.07) is 6.55. The summed E-state index contributed by atoms with van der Waals surface area (Å²) in [6.07, 6.45) is 4.04. The third-order valence-corrected chi connectivity index (χ3v) is 3.29. The van der Waals surface area contributed by atoms with Gasteiger partial charge < -0.3 is 10.4 Å². The average molecular weight is 317 g/mol. The minimum Gasteiger partial charge on any atom is -0.493 e. The molecule has 0 fully saturated rings. The van der Waals surface area contributed by atoms with Gasteiger partial charge in [0.2, 0.25) is 5.88 Å². The summed E-state index contributed by atoms with van der Waals surface area (Å²) < 4.78 is 1.12. The Morgan fingerprint density at radius 2 is 2.09 bits per heavy atom. The number of anilines is 1. The lowest BCUT2D eigenvalue weighted by Crippen LogP contribution is -2.27. The molecule has 0 aliphatic carbocycles. The number of halogens is 1. The molecule has 0 spiro atoms. The van der Waals surface area contributed by atoms with Crippen molar-refractivity contribution in [1.29, 1.82) is 0 Å². The molecule has 0 atom stereocenters. The van der Waals surface area contributed by atoms with Crippen molar-refractivity contribution in [1.82, 2.24) is 14.4 Å². The molecule has 110 valence electrons. The fraction of sp³-hybridized carbons (Fsp3) is 0. The monoisotopic (exact) mass is 316 g/mol. The van der Waals surface area contributed by atoms with Crippen molar-refractivity contribution in [3.63, 3.8) is 0 Å². The van der Waals surface area contributed by atoms with Gasteiger partial charge in [-0.15, -0.1) is 0 Å². The number of nitrogens with one attached hydrogen (secondary N) is 1. The van der Waals surface area contributed by atoms with Gasteiger partial charge in [-0.1, -0.05) is 23.7 Å². The van der Waals surface area contributed by atoms with Gasteiger partial charge in [0.15, 0.2) is 11.2 Å². The lowest BCUT2D eigenvalue weighted by Gasteiger charge is -2.08. The van der Waals surface area contributed by atoms with E-state index < -0.39 is 22.9 Å². The van der Waals surface area contributed by atoms with E-state index in [1.54, 1.807) is 24.3 Å². The maximum atomic E-state index is 12.3. The first-order valence-corrected chi connectivity index (χ1v) is 6.57. The lowest BCUT2D eigenvalue weighted by molar-refractivity contribution is 0.102. The first-order chi connectivity index (χ1) is 10.6. The second-order valence-corrected chi connectivity index (χ2v) is 4.76. The van der Waals surface area contributed by atoms with Gasteiger partial charge in [-0.05, 0) is 12.1 Å². The van der Waals surface area contributed by atoms with Crippen molar-refractivity contribution in [2.45, 2.75) is 0 Å². The maximum Gasteiger partial charge on any atom is 0.274 e. The summed E-state index contributed by atoms with van der Waals surface area (Å²) in [5, 5.41) is 12.6. The Balaban J connectivity index is 2.08. The van der Waals surface area contributed by atoms with Crippen LogP contribution in [-0.2, 0) is 0 Å². The van der Waals surface area contributed by atoms with Crippen molar-refractivity contribution in [2.24, 2.45) is 0 Å². The van der Waals surface area contributed by atoms with Gasteiger partial charge in [0.05, 0.1) is 16.9 Å². The molecule has 0 radical (unpaired) electrons. The Labute approximate surface area is 128 Å². The van der Waals surface area contributed by atoms with Crippen LogP contribution in [-0.4, -0.2) is 25.4 Å². The number of nitrogens with zero attached hydrogens (tertiary/aromatic N) is 3. The molecule has 7 nitrogen and oxygen atoms in total. The first-order valence-electron chi connectivity index (χ1n) is 6.19. The zero-order valence-electron chi connectivity index (χ0n) is 11.0. The second-order valence-electron chi connectivity index (χ2n) is 4.35. The number of aromatic nitrogens is 3. The minimum absolute atomic E-state index is 0.138. The fourth-order valence-corrected chi connectivity index (χ4v) is 2.12. The molecule has 1 aromatic carbocycles. The molecule has 0 saturated carbocycles. The molecule has 22 heavy (non-hydrogen) atoms. The molecule has 2 N–H and O–H groups in total. The molecule has 0 aliphatic heterocycles. The van der Waals surface area contributed by atoms with E-state index in [9.17, 15) is 14.7 Å². The highest BCUT2D eigenvalue weighted by atomic mass is 35.5. The largest absolute Gasteiger partial charge is 0.493 e. The summed E-state index contributed by atoms with van der Waals surface area (Å²) in [5.74, 6) is -1.46. The Bertz CT molecular complexity index is 939. The smallest absolute Gasteiger partial charge is 0.274 e. The predicted molar refractivity (Wildman–Crippen MR) is 80.3 cm³/mol. The topological polar surface area (TPSA) is 96.6 Å². The van der Waals surface area contributed by atoms with Crippen LogP contribution in [0.25, 0.3) is 5.65 Å². The highest BCUT2D eigenvalue weighted by molar-refractivity contribution is 6.33. The van der Waals surface area contributed by atoms with Gasteiger partial charge in [-0.2, -0.15) is 4.98 Å². The number of carbonyl (C=O) groups is 1. The van der Waals surface area contributed by atoms with Gasteiger partial charge in [0.25, 0.3) is 11.5 Å². The summed E-state index contributed by atoms with van der Waals surface area (Å²) in [5.41, 5.74) is -0.704. The number of aromatic hydroxyl groups is 1. The number of carbonyl (C=O) groups excluding carboxylic acids is 1. The number of para-hydroxylation sites is 1. The Kier molecular flexibility index (Phi) is 3.48. The molecule has 3 aromatic rings. The summed E-state index contributed by atoms with van der Waals surface area (Å²) in [7, 11) is 0. The lowest BCUT2D eigenvalue weighted by atomic mass is 10.2.